The predicted octanol–water partition coefficient (Wildman–Crippen LogP) is 5.07. The summed E-state index contributed by atoms with van der Waals surface area (Å²) in [5.74, 6) is -0.699. The number of carbonyl (C=O) groups excluding carboxylic acids is 1. The lowest BCUT2D eigenvalue weighted by atomic mass is 10.1. The van der Waals surface area contributed by atoms with Crippen molar-refractivity contribution in [2.45, 2.75) is 18.3 Å². The highest BCUT2D eigenvalue weighted by molar-refractivity contribution is 7.99. The van der Waals surface area contributed by atoms with Gasteiger partial charge in [0.15, 0.2) is 5.16 Å². The molecule has 30 heavy (non-hydrogen) atoms. The molecule has 0 aliphatic heterocycles. The van der Waals surface area contributed by atoms with E-state index in [-0.39, 0.29) is 22.2 Å². The van der Waals surface area contributed by atoms with Crippen LogP contribution < -0.4 is 5.32 Å². The van der Waals surface area contributed by atoms with Crippen molar-refractivity contribution in [1.29, 1.82) is 5.26 Å². The largest absolute Gasteiger partial charge is 0.433 e. The minimum atomic E-state index is -4.65. The molecule has 0 atom stereocenters. The number of para-hydroxylation sites is 1. The van der Waals surface area contributed by atoms with E-state index in [4.69, 9.17) is 5.26 Å². The number of halogens is 3. The van der Waals surface area contributed by atoms with Gasteiger partial charge in [0.1, 0.15) is 11.8 Å². The Kier molecular flexibility index (Phi) is 6.37. The van der Waals surface area contributed by atoms with Crippen LogP contribution in [0.2, 0.25) is 0 Å². The summed E-state index contributed by atoms with van der Waals surface area (Å²) in [6.45, 7) is 1.87. The lowest BCUT2D eigenvalue weighted by Gasteiger charge is -2.11. The molecular formula is C21H15F3N4OS. The number of alkyl halides is 3. The lowest BCUT2D eigenvalue weighted by molar-refractivity contribution is -0.141. The third-order valence-electron chi connectivity index (χ3n) is 4.00. The van der Waals surface area contributed by atoms with E-state index >= 15 is 0 Å². The molecule has 2 aromatic carbocycles. The molecule has 1 amide bonds. The summed E-state index contributed by atoms with van der Waals surface area (Å²) in [6, 6.07) is 16.2. The highest BCUT2D eigenvalue weighted by Crippen LogP contribution is 2.32. The van der Waals surface area contributed by atoms with Gasteiger partial charge in [-0.05, 0) is 25.1 Å². The zero-order chi connectivity index (χ0) is 21.7. The summed E-state index contributed by atoms with van der Waals surface area (Å²) >= 11 is 0.786. The minimum Gasteiger partial charge on any atom is -0.324 e. The van der Waals surface area contributed by atoms with Gasteiger partial charge >= 0.3 is 6.18 Å². The molecule has 152 valence electrons. The fourth-order valence-electron chi connectivity index (χ4n) is 2.51. The number of nitrogens with zero attached hydrogens (tertiary/aromatic N) is 3. The Balaban J connectivity index is 1.81. The first-order valence-electron chi connectivity index (χ1n) is 8.71. The second kappa shape index (κ2) is 8.97. The Morgan fingerprint density at radius 1 is 1.13 bits per heavy atom. The third-order valence-corrected chi connectivity index (χ3v) is 4.84. The summed E-state index contributed by atoms with van der Waals surface area (Å²) < 4.78 is 39.9. The summed E-state index contributed by atoms with van der Waals surface area (Å²) in [4.78, 5) is 19.9. The molecule has 1 N–H and O–H groups in total. The lowest BCUT2D eigenvalue weighted by Crippen LogP contribution is -2.16. The van der Waals surface area contributed by atoms with E-state index in [1.54, 1.807) is 48.5 Å². The van der Waals surface area contributed by atoms with Gasteiger partial charge in [0.05, 0.1) is 22.7 Å². The van der Waals surface area contributed by atoms with Crippen molar-refractivity contribution < 1.29 is 18.0 Å². The number of hydrogen-bond donors (Lipinski definition) is 1. The average Bonchev–Trinajstić information content (AvgIpc) is 2.72. The molecule has 0 unspecified atom stereocenters. The van der Waals surface area contributed by atoms with E-state index < -0.39 is 17.8 Å². The monoisotopic (exact) mass is 428 g/mol. The maximum absolute atomic E-state index is 13.3. The highest BCUT2D eigenvalue weighted by atomic mass is 32.2. The van der Waals surface area contributed by atoms with Gasteiger partial charge < -0.3 is 5.32 Å². The van der Waals surface area contributed by atoms with E-state index in [2.05, 4.69) is 15.3 Å². The summed E-state index contributed by atoms with van der Waals surface area (Å²) in [5.41, 5.74) is 1.14. The molecule has 5 nitrogen and oxygen atoms in total. The van der Waals surface area contributed by atoms with Crippen LogP contribution in [0.5, 0.6) is 0 Å². The normalized spacial score (nSPS) is 11.0. The van der Waals surface area contributed by atoms with E-state index in [0.29, 0.717) is 11.3 Å². The Morgan fingerprint density at radius 2 is 1.83 bits per heavy atom. The van der Waals surface area contributed by atoms with Gasteiger partial charge in [-0.2, -0.15) is 18.4 Å². The molecule has 9 heteroatoms. The van der Waals surface area contributed by atoms with Gasteiger partial charge in [0.25, 0.3) is 0 Å². The minimum absolute atomic E-state index is 0.120. The molecule has 0 saturated carbocycles. The highest BCUT2D eigenvalue weighted by Gasteiger charge is 2.34. The number of anilines is 1. The molecule has 3 aromatic rings. The van der Waals surface area contributed by atoms with Crippen LogP contribution >= 0.6 is 11.8 Å². The fourth-order valence-corrected chi connectivity index (χ4v) is 3.17. The van der Waals surface area contributed by atoms with E-state index in [9.17, 15) is 18.0 Å². The molecule has 0 saturated heterocycles. The molecule has 0 spiro atoms. The summed E-state index contributed by atoms with van der Waals surface area (Å²) in [7, 11) is 0. The van der Waals surface area contributed by atoms with Crippen LogP contribution in [0, 0.1) is 18.3 Å². The molecule has 0 aliphatic carbocycles. The van der Waals surface area contributed by atoms with Crippen LogP contribution in [0.25, 0.3) is 11.3 Å². The van der Waals surface area contributed by atoms with Gasteiger partial charge in [-0.25, -0.2) is 9.97 Å². The summed E-state index contributed by atoms with van der Waals surface area (Å²) in [6.07, 6.45) is -4.65. The number of rotatable bonds is 5. The van der Waals surface area contributed by atoms with Gasteiger partial charge in [-0.3, -0.25) is 4.79 Å². The number of carbonyl (C=O) groups is 1. The van der Waals surface area contributed by atoms with Crippen LogP contribution in [0.1, 0.15) is 16.8 Å². The molecule has 3 rings (SSSR count). The number of nitrogens with one attached hydrogen (secondary N) is 1. The smallest absolute Gasteiger partial charge is 0.324 e. The molecule has 0 bridgehead atoms. The van der Waals surface area contributed by atoms with E-state index in [0.717, 1.165) is 23.4 Å². The van der Waals surface area contributed by atoms with Gasteiger partial charge in [0.2, 0.25) is 5.91 Å². The fraction of sp³-hybridized carbons (Fsp3) is 0.143. The number of aromatic nitrogens is 2. The van der Waals surface area contributed by atoms with Gasteiger partial charge in [-0.1, -0.05) is 53.7 Å². The Hall–Kier alpha value is -3.38. The van der Waals surface area contributed by atoms with Gasteiger partial charge in [-0.15, -0.1) is 0 Å². The van der Waals surface area contributed by atoms with E-state index in [1.165, 1.54) is 0 Å². The number of nitriles is 1. The molecule has 0 fully saturated rings. The van der Waals surface area contributed by atoms with Gasteiger partial charge in [0, 0.05) is 5.56 Å². The SMILES string of the molecule is Cc1ccc(-c2cc(C(F)(F)F)nc(SCC(=O)Nc3ccccc3C#N)n2)cc1. The quantitative estimate of drug-likeness (QED) is 0.453. The standard InChI is InChI=1S/C21H15F3N4OS/c1-13-6-8-14(9-7-13)17-10-18(21(22,23)24)28-20(27-17)30-12-19(29)26-16-5-3-2-4-15(16)11-25/h2-10H,12H2,1H3,(H,26,29). The van der Waals surface area contributed by atoms with Crippen molar-refractivity contribution in [3.8, 4) is 17.3 Å². The van der Waals surface area contributed by atoms with Crippen molar-refractivity contribution in [3.05, 3.63) is 71.4 Å². The first kappa shape index (κ1) is 21.3. The number of benzene rings is 2. The second-order valence-electron chi connectivity index (χ2n) is 6.28. The third kappa shape index (κ3) is 5.36. The van der Waals surface area contributed by atoms with E-state index in [1.807, 2.05) is 13.0 Å². The first-order chi connectivity index (χ1) is 14.3. The van der Waals surface area contributed by atoms with Crippen LogP contribution in [-0.4, -0.2) is 21.6 Å². The Bertz CT molecular complexity index is 1110. The zero-order valence-corrected chi connectivity index (χ0v) is 16.5. The van der Waals surface area contributed by atoms with Crippen molar-refractivity contribution in [2.75, 3.05) is 11.1 Å². The maximum atomic E-state index is 13.3. The molecule has 0 aliphatic rings. The topological polar surface area (TPSA) is 78.7 Å². The van der Waals surface area contributed by atoms with Crippen molar-refractivity contribution >= 4 is 23.4 Å². The number of aryl methyl sites for hydroxylation is 1. The molecule has 1 heterocycles. The zero-order valence-electron chi connectivity index (χ0n) is 15.7. The Labute approximate surface area is 175 Å². The molecule has 1 aromatic heterocycles. The van der Waals surface area contributed by atoms with Crippen molar-refractivity contribution in [2.24, 2.45) is 0 Å². The molecular weight excluding hydrogens is 413 g/mol. The van der Waals surface area contributed by atoms with Crippen LogP contribution in [0.4, 0.5) is 18.9 Å². The van der Waals surface area contributed by atoms with Crippen molar-refractivity contribution in [3.63, 3.8) is 0 Å². The first-order valence-corrected chi connectivity index (χ1v) is 9.70. The maximum Gasteiger partial charge on any atom is 0.433 e. The Morgan fingerprint density at radius 3 is 2.50 bits per heavy atom. The number of amides is 1. The average molecular weight is 428 g/mol. The van der Waals surface area contributed by atoms with Crippen LogP contribution in [-0.2, 0) is 11.0 Å². The predicted molar refractivity (Wildman–Crippen MR) is 108 cm³/mol. The number of thioether (sulfide) groups is 1. The second-order valence-corrected chi connectivity index (χ2v) is 7.22. The number of hydrogen-bond acceptors (Lipinski definition) is 5. The van der Waals surface area contributed by atoms with Crippen LogP contribution in [0.15, 0.2) is 59.8 Å². The van der Waals surface area contributed by atoms with Crippen LogP contribution in [0.3, 0.4) is 0 Å². The summed E-state index contributed by atoms with van der Waals surface area (Å²) in [5, 5.41) is 11.5. The van der Waals surface area contributed by atoms with Crippen molar-refractivity contribution in [1.82, 2.24) is 9.97 Å². The molecule has 0 radical (unpaired) electrons.